The Balaban J connectivity index is 1.47. The lowest BCUT2D eigenvalue weighted by Gasteiger charge is -2.07. The summed E-state index contributed by atoms with van der Waals surface area (Å²) in [6, 6.07) is 18.7. The van der Waals surface area contributed by atoms with E-state index in [1.807, 2.05) is 36.4 Å². The molecule has 2 aromatic heterocycles. The number of ether oxygens (including phenoxy) is 2. The first kappa shape index (κ1) is 20.1. The van der Waals surface area contributed by atoms with Crippen LogP contribution in [0, 0.1) is 0 Å². The van der Waals surface area contributed by atoms with Crippen molar-refractivity contribution in [3.05, 3.63) is 76.6 Å². The third-order valence-corrected chi connectivity index (χ3v) is 5.94. The van der Waals surface area contributed by atoms with E-state index in [1.54, 1.807) is 32.4 Å². The van der Waals surface area contributed by atoms with E-state index in [1.165, 1.54) is 17.8 Å². The van der Waals surface area contributed by atoms with E-state index in [2.05, 4.69) is 10.2 Å². The minimum atomic E-state index is -0.391. The van der Waals surface area contributed by atoms with Gasteiger partial charge in [-0.15, -0.1) is 10.2 Å². The second-order valence-corrected chi connectivity index (χ2v) is 7.94. The molecular formula is C24H18N2O5S. The van der Waals surface area contributed by atoms with Gasteiger partial charge in [-0.1, -0.05) is 42.1 Å². The van der Waals surface area contributed by atoms with Crippen LogP contribution in [0.2, 0.25) is 0 Å². The number of nitrogens with zero attached hydrogens (tertiary/aromatic N) is 2. The van der Waals surface area contributed by atoms with E-state index in [9.17, 15) is 4.79 Å². The zero-order valence-corrected chi connectivity index (χ0v) is 18.1. The van der Waals surface area contributed by atoms with Crippen LogP contribution >= 0.6 is 11.8 Å². The lowest BCUT2D eigenvalue weighted by molar-refractivity contribution is 0.394. The van der Waals surface area contributed by atoms with Crippen molar-refractivity contribution in [1.29, 1.82) is 0 Å². The van der Waals surface area contributed by atoms with Gasteiger partial charge in [0, 0.05) is 28.8 Å². The Hall–Kier alpha value is -3.78. The number of hydrogen-bond acceptors (Lipinski definition) is 8. The molecule has 0 fully saturated rings. The molecule has 0 bridgehead atoms. The summed E-state index contributed by atoms with van der Waals surface area (Å²) in [7, 11) is 3.16. The molecule has 0 saturated carbocycles. The Bertz CT molecular complexity index is 1470. The largest absolute Gasteiger partial charge is 0.497 e. The maximum absolute atomic E-state index is 12.1. The summed E-state index contributed by atoms with van der Waals surface area (Å²) in [5.74, 6) is 2.08. The number of benzene rings is 3. The monoisotopic (exact) mass is 446 g/mol. The van der Waals surface area contributed by atoms with Gasteiger partial charge in [-0.2, -0.15) is 0 Å². The molecule has 0 aliphatic heterocycles. The van der Waals surface area contributed by atoms with Crippen molar-refractivity contribution in [2.45, 2.75) is 11.0 Å². The molecule has 0 N–H and O–H groups in total. The van der Waals surface area contributed by atoms with Crippen LogP contribution in [0.4, 0.5) is 0 Å². The second-order valence-electron chi connectivity index (χ2n) is 7.01. The molecule has 160 valence electrons. The first-order valence-corrected chi connectivity index (χ1v) is 10.8. The maximum Gasteiger partial charge on any atom is 0.336 e. The van der Waals surface area contributed by atoms with Crippen LogP contribution in [0.15, 0.2) is 79.5 Å². The van der Waals surface area contributed by atoms with E-state index < -0.39 is 5.63 Å². The summed E-state index contributed by atoms with van der Waals surface area (Å²) in [6.07, 6.45) is 0. The fourth-order valence-corrected chi connectivity index (χ4v) is 4.33. The van der Waals surface area contributed by atoms with Gasteiger partial charge in [-0.05, 0) is 34.5 Å². The van der Waals surface area contributed by atoms with E-state index in [0.717, 1.165) is 21.7 Å². The standard InChI is InChI=1S/C24H18N2O5S/c1-28-17-9-15(10-18(12-17)29-2)23-25-26-24(31-23)32-13-16-11-21(27)30-20-8-7-14-5-3-4-6-19(14)22(16)20/h3-12H,13H2,1-2H3. The quantitative estimate of drug-likeness (QED) is 0.197. The molecule has 0 atom stereocenters. The van der Waals surface area contributed by atoms with Crippen LogP contribution in [0.5, 0.6) is 11.5 Å². The SMILES string of the molecule is COc1cc(OC)cc(-c2nnc(SCc3cc(=O)oc4ccc5ccccc5c34)o2)c1. The molecule has 5 aromatic rings. The van der Waals surface area contributed by atoms with Crippen LogP contribution in [0.25, 0.3) is 33.2 Å². The highest BCUT2D eigenvalue weighted by molar-refractivity contribution is 7.98. The third kappa shape index (κ3) is 3.80. The molecule has 32 heavy (non-hydrogen) atoms. The topological polar surface area (TPSA) is 87.6 Å². The van der Waals surface area contributed by atoms with Crippen LogP contribution in [-0.4, -0.2) is 24.4 Å². The van der Waals surface area contributed by atoms with Crippen molar-refractivity contribution in [3.8, 4) is 23.0 Å². The first-order valence-electron chi connectivity index (χ1n) is 9.79. The van der Waals surface area contributed by atoms with Crippen LogP contribution in [-0.2, 0) is 5.75 Å². The van der Waals surface area contributed by atoms with Gasteiger partial charge in [0.05, 0.1) is 14.2 Å². The Labute approximate surface area is 187 Å². The number of rotatable bonds is 6. The minimum absolute atomic E-state index is 0.354. The average molecular weight is 446 g/mol. The van der Waals surface area contributed by atoms with Gasteiger partial charge in [0.15, 0.2) is 0 Å². The minimum Gasteiger partial charge on any atom is -0.497 e. The summed E-state index contributed by atoms with van der Waals surface area (Å²) in [4.78, 5) is 12.1. The molecule has 7 nitrogen and oxygen atoms in total. The number of aromatic nitrogens is 2. The van der Waals surface area contributed by atoms with Gasteiger partial charge in [-0.3, -0.25) is 0 Å². The zero-order chi connectivity index (χ0) is 22.1. The van der Waals surface area contributed by atoms with Gasteiger partial charge in [-0.25, -0.2) is 4.79 Å². The molecule has 2 heterocycles. The van der Waals surface area contributed by atoms with E-state index in [-0.39, 0.29) is 0 Å². The lowest BCUT2D eigenvalue weighted by atomic mass is 10.0. The summed E-state index contributed by atoms with van der Waals surface area (Å²) < 4.78 is 21.9. The van der Waals surface area contributed by atoms with Crippen molar-refractivity contribution in [2.75, 3.05) is 14.2 Å². The summed E-state index contributed by atoms with van der Waals surface area (Å²) in [5, 5.41) is 11.7. The fraction of sp³-hybridized carbons (Fsp3) is 0.125. The Morgan fingerprint density at radius 2 is 1.69 bits per heavy atom. The number of hydrogen-bond donors (Lipinski definition) is 0. The highest BCUT2D eigenvalue weighted by Crippen LogP contribution is 2.33. The van der Waals surface area contributed by atoms with Crippen LogP contribution < -0.4 is 15.1 Å². The van der Waals surface area contributed by atoms with Gasteiger partial charge < -0.3 is 18.3 Å². The van der Waals surface area contributed by atoms with Gasteiger partial charge >= 0.3 is 5.63 Å². The molecule has 0 aliphatic carbocycles. The average Bonchev–Trinajstić information content (AvgIpc) is 3.31. The van der Waals surface area contributed by atoms with Gasteiger partial charge in [0.1, 0.15) is 17.1 Å². The smallest absolute Gasteiger partial charge is 0.336 e. The number of fused-ring (bicyclic) bond motifs is 3. The van der Waals surface area contributed by atoms with E-state index >= 15 is 0 Å². The first-order chi connectivity index (χ1) is 15.6. The van der Waals surface area contributed by atoms with E-state index in [0.29, 0.717) is 39.5 Å². The molecule has 0 radical (unpaired) electrons. The van der Waals surface area contributed by atoms with Crippen molar-refractivity contribution in [3.63, 3.8) is 0 Å². The van der Waals surface area contributed by atoms with Gasteiger partial charge in [0.2, 0.25) is 5.89 Å². The van der Waals surface area contributed by atoms with Crippen molar-refractivity contribution >= 4 is 33.5 Å². The molecular weight excluding hydrogens is 428 g/mol. The highest BCUT2D eigenvalue weighted by Gasteiger charge is 2.15. The number of methoxy groups -OCH3 is 2. The Morgan fingerprint density at radius 1 is 0.906 bits per heavy atom. The fourth-order valence-electron chi connectivity index (χ4n) is 3.59. The predicted molar refractivity (Wildman–Crippen MR) is 122 cm³/mol. The maximum atomic E-state index is 12.1. The Kier molecular flexibility index (Phi) is 5.28. The molecule has 3 aromatic carbocycles. The molecule has 8 heteroatoms. The Morgan fingerprint density at radius 3 is 2.47 bits per heavy atom. The molecule has 0 amide bonds. The lowest BCUT2D eigenvalue weighted by Crippen LogP contribution is -2.00. The third-order valence-electron chi connectivity index (χ3n) is 5.07. The summed E-state index contributed by atoms with van der Waals surface area (Å²) in [5.41, 5.74) is 1.71. The molecule has 0 aliphatic rings. The van der Waals surface area contributed by atoms with Crippen molar-refractivity contribution in [1.82, 2.24) is 10.2 Å². The van der Waals surface area contributed by atoms with Crippen LogP contribution in [0.1, 0.15) is 5.56 Å². The predicted octanol–water partition coefficient (Wildman–Crippen LogP) is 5.31. The highest BCUT2D eigenvalue weighted by atomic mass is 32.2. The number of thioether (sulfide) groups is 1. The molecule has 0 spiro atoms. The zero-order valence-electron chi connectivity index (χ0n) is 17.3. The van der Waals surface area contributed by atoms with Gasteiger partial charge in [0.25, 0.3) is 5.22 Å². The molecule has 0 unspecified atom stereocenters. The molecule has 0 saturated heterocycles. The second kappa shape index (κ2) is 8.39. The molecule has 5 rings (SSSR count). The van der Waals surface area contributed by atoms with Crippen molar-refractivity contribution < 1.29 is 18.3 Å². The summed E-state index contributed by atoms with van der Waals surface area (Å²) in [6.45, 7) is 0. The van der Waals surface area contributed by atoms with Crippen LogP contribution in [0.3, 0.4) is 0 Å². The van der Waals surface area contributed by atoms with E-state index in [4.69, 9.17) is 18.3 Å². The summed E-state index contributed by atoms with van der Waals surface area (Å²) >= 11 is 1.36. The normalized spacial score (nSPS) is 11.2. The van der Waals surface area contributed by atoms with Crippen molar-refractivity contribution in [2.24, 2.45) is 0 Å².